The zero-order chi connectivity index (χ0) is 22.8. The number of aromatic nitrogens is 8. The van der Waals surface area contributed by atoms with Crippen LogP contribution in [0.5, 0.6) is 11.5 Å². The molecule has 3 rings (SSSR count). The van der Waals surface area contributed by atoms with Crippen LogP contribution < -0.4 is 0 Å². The van der Waals surface area contributed by atoms with Crippen LogP contribution in [0.1, 0.15) is 11.1 Å². The van der Waals surface area contributed by atoms with Gasteiger partial charge in [0.25, 0.3) is 0 Å². The maximum Gasteiger partial charge on any atom is 0.133 e. The summed E-state index contributed by atoms with van der Waals surface area (Å²) >= 11 is 0. The SMILES string of the molecule is Cc1cc2cnnccnncc3cc(C)cc(cnnccnncc(c1)c2O)c3O. The van der Waals surface area contributed by atoms with Gasteiger partial charge in [0, 0.05) is 21.5 Å². The molecule has 10 heteroatoms. The fraction of sp³-hybridized carbons (Fsp3) is 0.0909. The number of fused-ring (bicyclic) bond motifs is 4. The molecule has 32 heavy (non-hydrogen) atoms. The van der Waals surface area contributed by atoms with Crippen molar-refractivity contribution in [2.75, 3.05) is 0 Å². The highest BCUT2D eigenvalue weighted by Crippen LogP contribution is 2.25. The van der Waals surface area contributed by atoms with Crippen molar-refractivity contribution in [3.05, 3.63) is 85.0 Å². The van der Waals surface area contributed by atoms with Crippen LogP contribution in [0.2, 0.25) is 0 Å². The molecule has 3 aromatic rings. The van der Waals surface area contributed by atoms with Crippen LogP contribution >= 0.6 is 0 Å². The van der Waals surface area contributed by atoms with Gasteiger partial charge < -0.3 is 10.2 Å². The Morgan fingerprint density at radius 2 is 0.688 bits per heavy atom. The summed E-state index contributed by atoms with van der Waals surface area (Å²) in [4.78, 5) is 0. The number of aromatic hydroxyl groups is 2. The zero-order valence-corrected chi connectivity index (χ0v) is 17.4. The number of nitrogens with zero attached hydrogens (tertiary/aromatic N) is 8. The zero-order valence-electron chi connectivity index (χ0n) is 17.4. The van der Waals surface area contributed by atoms with E-state index < -0.39 is 0 Å². The van der Waals surface area contributed by atoms with Gasteiger partial charge in [-0.25, -0.2) is 0 Å². The third kappa shape index (κ3) is 6.20. The van der Waals surface area contributed by atoms with E-state index in [0.29, 0.717) is 21.5 Å². The lowest BCUT2D eigenvalue weighted by Gasteiger charge is -1.98. The lowest BCUT2D eigenvalue weighted by Crippen LogP contribution is -1.80. The maximum absolute atomic E-state index is 10.4. The summed E-state index contributed by atoms with van der Waals surface area (Å²) in [5.74, 6) is 0.00634. The van der Waals surface area contributed by atoms with Crippen molar-refractivity contribution in [3.8, 4) is 11.5 Å². The van der Waals surface area contributed by atoms with E-state index >= 15 is 0 Å². The molecule has 4 bridgehead atoms. The number of hydrogen-bond acceptors (Lipinski definition) is 10. The number of phenols is 2. The van der Waals surface area contributed by atoms with Crippen molar-refractivity contribution in [1.82, 2.24) is 40.8 Å². The van der Waals surface area contributed by atoms with Crippen molar-refractivity contribution >= 4 is 21.5 Å². The standard InChI is InChI=1S/C22H20N8O2/c1-15-7-17-11-27-23-3-5-25-29-13-19-9-16(2)10-20(22(19)32)14-30-26-6-4-24-28-12-18(8-15)21(17)31/h3-14,31-32H,1-2H3. The Kier molecular flexibility index (Phi) is 7.58. The molecule has 160 valence electrons. The topological polar surface area (TPSA) is 144 Å². The molecule has 0 atom stereocenters. The molecule has 0 aliphatic rings. The number of aryl methyl sites for hydroxylation is 2. The summed E-state index contributed by atoms with van der Waals surface area (Å²) in [5, 5.41) is 53.7. The van der Waals surface area contributed by atoms with Crippen LogP contribution in [-0.2, 0) is 0 Å². The summed E-state index contributed by atoms with van der Waals surface area (Å²) in [6.45, 7) is 3.77. The highest BCUT2D eigenvalue weighted by atomic mass is 16.3. The minimum atomic E-state index is 0.00317. The minimum Gasteiger partial charge on any atom is -0.507 e. The molecule has 0 unspecified atom stereocenters. The molecule has 0 spiro atoms. The smallest absolute Gasteiger partial charge is 0.133 e. The average molecular weight is 428 g/mol. The third-order valence-electron chi connectivity index (χ3n) is 4.08. The number of benzene rings is 2. The molecule has 0 aliphatic heterocycles. The first-order valence-corrected chi connectivity index (χ1v) is 9.44. The van der Waals surface area contributed by atoms with Gasteiger partial charge in [-0.3, -0.25) is 0 Å². The van der Waals surface area contributed by atoms with Crippen LogP contribution in [-0.4, -0.2) is 51.0 Å². The van der Waals surface area contributed by atoms with E-state index in [0.717, 1.165) is 11.1 Å². The molecule has 1 heterocycles. The van der Waals surface area contributed by atoms with Crippen molar-refractivity contribution < 1.29 is 10.2 Å². The summed E-state index contributed by atoms with van der Waals surface area (Å²) in [7, 11) is 0. The Bertz CT molecular complexity index is 1150. The van der Waals surface area contributed by atoms with Gasteiger partial charge in [0.15, 0.2) is 0 Å². The van der Waals surface area contributed by atoms with Crippen molar-refractivity contribution in [2.45, 2.75) is 13.8 Å². The van der Waals surface area contributed by atoms with Crippen LogP contribution in [0.3, 0.4) is 0 Å². The fourth-order valence-corrected chi connectivity index (χ4v) is 2.72. The molecular weight excluding hydrogens is 408 g/mol. The Labute approximate surface area is 183 Å². The Morgan fingerprint density at radius 1 is 0.438 bits per heavy atom. The summed E-state index contributed by atoms with van der Waals surface area (Å²) in [6.07, 6.45) is 11.0. The normalized spacial score (nSPS) is 9.81. The Hall–Kier alpha value is -4.60. The van der Waals surface area contributed by atoms with Gasteiger partial charge in [-0.1, -0.05) is 0 Å². The minimum absolute atomic E-state index is 0.00317. The molecule has 10 nitrogen and oxygen atoms in total. The van der Waals surface area contributed by atoms with Crippen molar-refractivity contribution in [1.29, 1.82) is 0 Å². The number of hydrogen-bond donors (Lipinski definition) is 2. The fourth-order valence-electron chi connectivity index (χ4n) is 2.72. The van der Waals surface area contributed by atoms with Crippen molar-refractivity contribution in [3.63, 3.8) is 0 Å². The van der Waals surface area contributed by atoms with Crippen molar-refractivity contribution in [2.24, 2.45) is 0 Å². The molecule has 1 aromatic heterocycles. The van der Waals surface area contributed by atoms with Gasteiger partial charge >= 0.3 is 0 Å². The highest BCUT2D eigenvalue weighted by molar-refractivity contribution is 5.80. The molecule has 0 saturated heterocycles. The molecule has 2 N–H and O–H groups in total. The predicted molar refractivity (Wildman–Crippen MR) is 118 cm³/mol. The van der Waals surface area contributed by atoms with Crippen LogP contribution in [0.4, 0.5) is 0 Å². The van der Waals surface area contributed by atoms with E-state index in [1.807, 2.05) is 13.8 Å². The van der Waals surface area contributed by atoms with E-state index in [1.165, 1.54) is 49.6 Å². The first-order valence-electron chi connectivity index (χ1n) is 9.44. The van der Waals surface area contributed by atoms with E-state index in [1.54, 1.807) is 24.3 Å². The molecule has 0 saturated carbocycles. The number of rotatable bonds is 0. The molecule has 0 radical (unpaired) electrons. The number of phenolic OH excluding ortho intramolecular Hbond substituents is 2. The molecule has 0 fully saturated rings. The molecular formula is C22H20N8O2. The van der Waals surface area contributed by atoms with Gasteiger partial charge in [-0.15, -0.1) is 0 Å². The predicted octanol–water partition coefficient (Wildman–Crippen LogP) is 3.12. The van der Waals surface area contributed by atoms with E-state index in [9.17, 15) is 10.2 Å². The first kappa shape index (κ1) is 22.1. The van der Waals surface area contributed by atoms with Gasteiger partial charge in [-0.05, 0) is 49.2 Å². The summed E-state index contributed by atoms with van der Waals surface area (Å²) in [5.41, 5.74) is 1.81. The van der Waals surface area contributed by atoms with E-state index in [4.69, 9.17) is 0 Å². The Balaban J connectivity index is 2.19. The molecule has 0 aliphatic carbocycles. The lowest BCUT2D eigenvalue weighted by atomic mass is 10.1. The molecule has 2 aromatic carbocycles. The highest BCUT2D eigenvalue weighted by Gasteiger charge is 2.00. The second-order valence-electron chi connectivity index (χ2n) is 6.62. The van der Waals surface area contributed by atoms with E-state index in [-0.39, 0.29) is 11.5 Å². The summed E-state index contributed by atoms with van der Waals surface area (Å²) < 4.78 is 0. The first-order chi connectivity index (χ1) is 15.5. The maximum atomic E-state index is 10.4. The quantitative estimate of drug-likeness (QED) is 0.548. The summed E-state index contributed by atoms with van der Waals surface area (Å²) in [6, 6.07) is 7.05. The van der Waals surface area contributed by atoms with Gasteiger partial charge in [0.05, 0.1) is 49.6 Å². The molecule has 0 amide bonds. The second-order valence-corrected chi connectivity index (χ2v) is 6.62. The second kappa shape index (κ2) is 11.0. The van der Waals surface area contributed by atoms with Gasteiger partial charge in [0.1, 0.15) is 11.5 Å². The Morgan fingerprint density at radius 3 is 0.938 bits per heavy atom. The largest absolute Gasteiger partial charge is 0.507 e. The average Bonchev–Trinajstić information content (AvgIpc) is 2.76. The lowest BCUT2D eigenvalue weighted by molar-refractivity contribution is 0.486. The van der Waals surface area contributed by atoms with Gasteiger partial charge in [0.2, 0.25) is 0 Å². The van der Waals surface area contributed by atoms with Crippen LogP contribution in [0, 0.1) is 13.8 Å². The van der Waals surface area contributed by atoms with Crippen LogP contribution in [0.25, 0.3) is 21.5 Å². The monoisotopic (exact) mass is 428 g/mol. The van der Waals surface area contributed by atoms with E-state index in [2.05, 4.69) is 40.8 Å². The van der Waals surface area contributed by atoms with Crippen LogP contribution in [0.15, 0.2) is 73.8 Å². The van der Waals surface area contributed by atoms with Gasteiger partial charge in [-0.2, -0.15) is 40.8 Å². The third-order valence-corrected chi connectivity index (χ3v) is 4.08.